The van der Waals surface area contributed by atoms with Crippen molar-refractivity contribution in [3.8, 4) is 17.2 Å². The maximum atomic E-state index is 14.6. The van der Waals surface area contributed by atoms with Crippen LogP contribution in [-0.2, 0) is 4.79 Å². The summed E-state index contributed by atoms with van der Waals surface area (Å²) >= 11 is 0. The fraction of sp³-hybridized carbons (Fsp3) is 0.400. The summed E-state index contributed by atoms with van der Waals surface area (Å²) in [6, 6.07) is 3.82. The van der Waals surface area contributed by atoms with Crippen molar-refractivity contribution in [2.45, 2.75) is 26.3 Å². The van der Waals surface area contributed by atoms with Crippen LogP contribution in [0.15, 0.2) is 30.9 Å². The molecule has 0 N–H and O–H groups in total. The Morgan fingerprint density at radius 1 is 1.23 bits per heavy atom. The second-order valence-electron chi connectivity index (χ2n) is 7.96. The Labute approximate surface area is 169 Å². The van der Waals surface area contributed by atoms with Gasteiger partial charge in [0.1, 0.15) is 10.9 Å². The van der Waals surface area contributed by atoms with E-state index < -0.39 is 17.8 Å². The highest BCUT2D eigenvalue weighted by Gasteiger charge is 2.61. The van der Waals surface area contributed by atoms with Gasteiger partial charge in [0.05, 0.1) is 24.2 Å². The van der Waals surface area contributed by atoms with Gasteiger partial charge in [-0.3, -0.25) is 4.79 Å². The Balaban J connectivity index is 1.66. The third-order valence-electron chi connectivity index (χ3n) is 6.21. The molecule has 154 valence electrons. The molecule has 0 bridgehead atoms. The quantitative estimate of drug-likeness (QED) is 0.653. The first-order valence-electron chi connectivity index (χ1n) is 9.59. The molecule has 7 nitrogen and oxygen atoms in total. The van der Waals surface area contributed by atoms with Crippen LogP contribution >= 0.6 is 0 Å². The summed E-state index contributed by atoms with van der Waals surface area (Å²) in [4.78, 5) is 14.8. The number of hydrogen-bond acceptors (Lipinski definition) is 4. The third kappa shape index (κ3) is 2.47. The number of fused-ring (bicyclic) bond motifs is 1. The first-order valence-corrected chi connectivity index (χ1v) is 9.59. The van der Waals surface area contributed by atoms with Crippen molar-refractivity contribution in [1.29, 1.82) is 5.26 Å². The van der Waals surface area contributed by atoms with Gasteiger partial charge in [0.15, 0.2) is 5.82 Å². The average molecular weight is 414 g/mol. The molecule has 2 aliphatic rings. The van der Waals surface area contributed by atoms with E-state index in [4.69, 9.17) is 0 Å². The number of nitrogens with zero attached hydrogens (tertiary/aromatic N) is 6. The van der Waals surface area contributed by atoms with E-state index in [9.17, 15) is 23.2 Å². The number of halogens is 3. The Bertz CT molecular complexity index is 1210. The molecule has 1 saturated carbocycles. The smallest absolute Gasteiger partial charge is 0.308 e. The second kappa shape index (κ2) is 6.32. The molecule has 3 aromatic heterocycles. The van der Waals surface area contributed by atoms with Crippen molar-refractivity contribution in [1.82, 2.24) is 19.4 Å². The van der Waals surface area contributed by atoms with Crippen molar-refractivity contribution < 1.29 is 18.0 Å². The van der Waals surface area contributed by atoms with Crippen molar-refractivity contribution in [2.24, 2.45) is 17.3 Å². The molecule has 3 aromatic rings. The summed E-state index contributed by atoms with van der Waals surface area (Å²) in [6.07, 6.45) is 6.62. The molecule has 0 spiro atoms. The van der Waals surface area contributed by atoms with E-state index in [2.05, 4.69) is 16.3 Å². The van der Waals surface area contributed by atoms with Crippen LogP contribution in [0.5, 0.6) is 0 Å². The van der Waals surface area contributed by atoms with Crippen molar-refractivity contribution >= 4 is 17.1 Å². The number of rotatable bonds is 4. The van der Waals surface area contributed by atoms with Gasteiger partial charge in [-0.25, -0.2) is 13.6 Å². The zero-order valence-electron chi connectivity index (χ0n) is 16.0. The van der Waals surface area contributed by atoms with E-state index in [-0.39, 0.29) is 35.5 Å². The molecular weight excluding hydrogens is 397 g/mol. The first kappa shape index (κ1) is 18.7. The fourth-order valence-electron chi connectivity index (χ4n) is 4.53. The molecule has 0 unspecified atom stereocenters. The highest BCUT2D eigenvalue weighted by Crippen LogP contribution is 2.55. The Hall–Kier alpha value is -3.35. The first-order chi connectivity index (χ1) is 14.4. The lowest BCUT2D eigenvalue weighted by Crippen LogP contribution is -2.37. The van der Waals surface area contributed by atoms with Crippen molar-refractivity contribution in [3.05, 3.63) is 36.7 Å². The molecule has 2 atom stereocenters. The number of alkyl halides is 2. The molecule has 10 heteroatoms. The van der Waals surface area contributed by atoms with Gasteiger partial charge in [0.2, 0.25) is 5.91 Å². The molecule has 5 rings (SSSR count). The van der Waals surface area contributed by atoms with E-state index in [0.717, 1.165) is 19.0 Å². The van der Waals surface area contributed by atoms with Gasteiger partial charge in [-0.1, -0.05) is 6.92 Å². The van der Waals surface area contributed by atoms with E-state index in [1.54, 1.807) is 6.07 Å². The fourth-order valence-corrected chi connectivity index (χ4v) is 4.53. The lowest BCUT2D eigenvalue weighted by molar-refractivity contribution is -0.124. The van der Waals surface area contributed by atoms with E-state index >= 15 is 0 Å². The number of carbonyl (C=O) groups is 1. The van der Waals surface area contributed by atoms with Crippen LogP contribution in [0.3, 0.4) is 0 Å². The van der Waals surface area contributed by atoms with Gasteiger partial charge in [-0.15, -0.1) is 0 Å². The topological polar surface area (TPSA) is 79.2 Å². The molecule has 1 aliphatic carbocycles. The summed E-state index contributed by atoms with van der Waals surface area (Å²) in [7, 11) is 0. The van der Waals surface area contributed by atoms with Crippen LogP contribution in [0.25, 0.3) is 16.6 Å². The maximum absolute atomic E-state index is 14.6. The van der Waals surface area contributed by atoms with E-state index in [1.165, 1.54) is 28.0 Å². The Kier molecular flexibility index (Phi) is 3.93. The number of carbonyl (C=O) groups excluding carboxylic acids is 1. The summed E-state index contributed by atoms with van der Waals surface area (Å²) in [5.74, 6) is -1.17. The Morgan fingerprint density at radius 3 is 2.63 bits per heavy atom. The minimum absolute atomic E-state index is 0.00762. The Morgan fingerprint density at radius 2 is 2.00 bits per heavy atom. The van der Waals surface area contributed by atoms with Crippen LogP contribution in [0, 0.1) is 34.4 Å². The highest BCUT2D eigenvalue weighted by atomic mass is 19.3. The average Bonchev–Trinajstić information content (AvgIpc) is 3.22. The minimum Gasteiger partial charge on any atom is -0.308 e. The van der Waals surface area contributed by atoms with Gasteiger partial charge in [0, 0.05) is 36.0 Å². The van der Waals surface area contributed by atoms with Crippen LogP contribution in [0.1, 0.15) is 26.3 Å². The lowest BCUT2D eigenvalue weighted by Gasteiger charge is -2.23. The van der Waals surface area contributed by atoms with Crippen molar-refractivity contribution in [2.75, 3.05) is 11.4 Å². The van der Waals surface area contributed by atoms with Crippen LogP contribution < -0.4 is 4.90 Å². The van der Waals surface area contributed by atoms with E-state index in [0.29, 0.717) is 15.8 Å². The van der Waals surface area contributed by atoms with Crippen LogP contribution in [0.4, 0.5) is 18.9 Å². The van der Waals surface area contributed by atoms with E-state index in [1.807, 2.05) is 6.92 Å². The summed E-state index contributed by atoms with van der Waals surface area (Å²) < 4.78 is 42.2. The van der Waals surface area contributed by atoms with Crippen molar-refractivity contribution in [3.63, 3.8) is 0 Å². The van der Waals surface area contributed by atoms with Gasteiger partial charge in [-0.2, -0.15) is 24.2 Å². The molecule has 0 radical (unpaired) electrons. The number of aromatic nitrogens is 4. The zero-order valence-corrected chi connectivity index (χ0v) is 16.0. The molecular formula is C20H17F3N6O. The zero-order chi connectivity index (χ0) is 21.2. The molecule has 1 amide bonds. The molecule has 1 saturated heterocycles. The maximum Gasteiger partial charge on any atom is 0.333 e. The molecule has 2 fully saturated rings. The van der Waals surface area contributed by atoms with Gasteiger partial charge in [0.25, 0.3) is 0 Å². The third-order valence-corrected chi connectivity index (χ3v) is 6.21. The summed E-state index contributed by atoms with van der Waals surface area (Å²) in [5.41, 5.74) is 0.0768. The largest absolute Gasteiger partial charge is 0.333 e. The molecule has 30 heavy (non-hydrogen) atoms. The van der Waals surface area contributed by atoms with Gasteiger partial charge < -0.3 is 4.90 Å². The number of nitriles is 1. The monoisotopic (exact) mass is 414 g/mol. The number of pyridine rings is 1. The summed E-state index contributed by atoms with van der Waals surface area (Å²) in [5, 5.41) is 17.5. The predicted octanol–water partition coefficient (Wildman–Crippen LogP) is 3.63. The van der Waals surface area contributed by atoms with Gasteiger partial charge in [-0.05, 0) is 24.8 Å². The molecule has 1 aliphatic heterocycles. The van der Waals surface area contributed by atoms with Crippen LogP contribution in [-0.4, -0.2) is 31.8 Å². The highest BCUT2D eigenvalue weighted by molar-refractivity contribution is 6.05. The predicted molar refractivity (Wildman–Crippen MR) is 99.9 cm³/mol. The summed E-state index contributed by atoms with van der Waals surface area (Å²) in [6.45, 7) is -0.664. The molecule has 0 aromatic carbocycles. The number of anilines is 1. The number of hydrogen-bond donors (Lipinski definition) is 0. The number of amides is 1. The minimum atomic E-state index is -2.79. The second-order valence-corrected chi connectivity index (χ2v) is 7.96. The van der Waals surface area contributed by atoms with Gasteiger partial charge >= 0.3 is 6.55 Å². The SMILES string of the molecule is C[C@@H]1CN(c2cc(-c3cnn(C(F)F)c3)cn3ncc(F)c23)C(=O)[C@]1(C#N)C1CC1. The lowest BCUT2D eigenvalue weighted by atomic mass is 9.75. The normalized spacial score (nSPS) is 24.2. The van der Waals surface area contributed by atoms with Crippen LogP contribution in [0.2, 0.25) is 0 Å². The standard InChI is InChI=1S/C20H17F3N6O/c1-11-7-27(18(30)20(11,10-24)14-2-3-14)16-4-12(8-28-17(16)15(21)6-26-28)13-5-25-29(9-13)19(22)23/h4-6,8-9,11,14,19H,2-3,7H2,1H3/t11-,20+/m1/s1. The molecule has 4 heterocycles.